The van der Waals surface area contributed by atoms with Crippen LogP contribution in [0.2, 0.25) is 0 Å². The zero-order chi connectivity index (χ0) is 13.7. The van der Waals surface area contributed by atoms with E-state index in [1.165, 1.54) is 0 Å². The van der Waals surface area contributed by atoms with Gasteiger partial charge in [-0.1, -0.05) is 0 Å². The normalized spacial score (nSPS) is 26.6. The average molecular weight is 307 g/mol. The van der Waals surface area contributed by atoms with Gasteiger partial charge in [0.2, 0.25) is 5.91 Å². The molecular weight excluding hydrogens is 280 g/mol. The second-order valence-electron chi connectivity index (χ2n) is 5.78. The van der Waals surface area contributed by atoms with Gasteiger partial charge in [-0.2, -0.15) is 0 Å². The fourth-order valence-corrected chi connectivity index (χ4v) is 3.07. The van der Waals surface area contributed by atoms with Crippen LogP contribution in [-0.4, -0.2) is 51.5 Å². The minimum absolute atomic E-state index is 0. The highest BCUT2D eigenvalue weighted by Gasteiger charge is 2.40. The van der Waals surface area contributed by atoms with Gasteiger partial charge in [-0.05, 0) is 45.7 Å². The van der Waals surface area contributed by atoms with Gasteiger partial charge in [0.15, 0.2) is 0 Å². The second kappa shape index (κ2) is 8.17. The monoisotopic (exact) mass is 306 g/mol. The third-order valence-electron chi connectivity index (χ3n) is 4.34. The molecule has 2 rings (SSSR count). The maximum absolute atomic E-state index is 12.6. The van der Waals surface area contributed by atoms with Crippen molar-refractivity contribution in [1.29, 1.82) is 0 Å². The quantitative estimate of drug-likeness (QED) is 0.799. The van der Waals surface area contributed by atoms with Crippen LogP contribution in [0.15, 0.2) is 0 Å². The van der Waals surface area contributed by atoms with Gasteiger partial charge in [0.25, 0.3) is 0 Å². The molecule has 0 aromatic heterocycles. The van der Waals surface area contributed by atoms with E-state index in [9.17, 15) is 4.79 Å². The molecule has 0 bridgehead atoms. The molecule has 0 saturated carbocycles. The lowest BCUT2D eigenvalue weighted by molar-refractivity contribution is -0.137. The van der Waals surface area contributed by atoms with Crippen molar-refractivity contribution in [3.05, 3.63) is 0 Å². The van der Waals surface area contributed by atoms with Crippen molar-refractivity contribution >= 4 is 18.3 Å². The molecule has 1 amide bonds. The van der Waals surface area contributed by atoms with Crippen LogP contribution in [0.25, 0.3) is 0 Å². The lowest BCUT2D eigenvalue weighted by atomic mass is 9.78. The van der Waals surface area contributed by atoms with Crippen LogP contribution in [0.4, 0.5) is 0 Å². The number of methoxy groups -OCH3 is 1. The summed E-state index contributed by atoms with van der Waals surface area (Å²) in [5, 5.41) is 6.45. The Balaban J connectivity index is 0.00000200. The van der Waals surface area contributed by atoms with E-state index in [1.807, 2.05) is 6.92 Å². The van der Waals surface area contributed by atoms with Gasteiger partial charge in [0.05, 0.1) is 24.2 Å². The molecular formula is C14H27ClN2O3. The smallest absolute Gasteiger partial charge is 0.228 e. The van der Waals surface area contributed by atoms with E-state index in [1.54, 1.807) is 7.11 Å². The fourth-order valence-electron chi connectivity index (χ4n) is 3.07. The molecule has 2 N–H and O–H groups in total. The predicted octanol–water partition coefficient (Wildman–Crippen LogP) is 1.11. The van der Waals surface area contributed by atoms with Gasteiger partial charge in [-0.3, -0.25) is 4.79 Å². The average Bonchev–Trinajstić information content (AvgIpc) is 2.94. The first kappa shape index (κ1) is 17.7. The summed E-state index contributed by atoms with van der Waals surface area (Å²) < 4.78 is 10.9. The Hall–Kier alpha value is -0.360. The van der Waals surface area contributed by atoms with Crippen LogP contribution in [0.3, 0.4) is 0 Å². The first-order chi connectivity index (χ1) is 9.18. The molecule has 2 saturated heterocycles. The molecule has 0 aromatic carbocycles. The summed E-state index contributed by atoms with van der Waals surface area (Å²) in [6.07, 6.45) is 3.99. The van der Waals surface area contributed by atoms with Gasteiger partial charge in [-0.25, -0.2) is 0 Å². The Kier molecular flexibility index (Phi) is 7.23. The van der Waals surface area contributed by atoms with E-state index in [2.05, 4.69) is 10.6 Å². The Morgan fingerprint density at radius 2 is 2.20 bits per heavy atom. The van der Waals surface area contributed by atoms with Crippen LogP contribution in [0, 0.1) is 5.41 Å². The van der Waals surface area contributed by atoms with Crippen LogP contribution in [0.1, 0.15) is 32.6 Å². The Morgan fingerprint density at radius 3 is 2.75 bits per heavy atom. The van der Waals surface area contributed by atoms with Crippen molar-refractivity contribution < 1.29 is 14.3 Å². The first-order valence-corrected chi connectivity index (χ1v) is 7.30. The third-order valence-corrected chi connectivity index (χ3v) is 4.34. The van der Waals surface area contributed by atoms with Crippen LogP contribution in [-0.2, 0) is 14.3 Å². The highest BCUT2D eigenvalue weighted by atomic mass is 35.5. The molecule has 0 spiro atoms. The van der Waals surface area contributed by atoms with E-state index in [0.29, 0.717) is 6.61 Å². The SMILES string of the molecule is COCC1(C(=O)NC(C)C2CCCO2)CCNCC1.Cl. The third kappa shape index (κ3) is 4.07. The van der Waals surface area contributed by atoms with E-state index >= 15 is 0 Å². The molecule has 118 valence electrons. The molecule has 2 fully saturated rings. The maximum atomic E-state index is 12.6. The Morgan fingerprint density at radius 1 is 1.50 bits per heavy atom. The number of hydrogen-bond donors (Lipinski definition) is 2. The van der Waals surface area contributed by atoms with Gasteiger partial charge >= 0.3 is 0 Å². The number of nitrogens with one attached hydrogen (secondary N) is 2. The molecule has 20 heavy (non-hydrogen) atoms. The maximum Gasteiger partial charge on any atom is 0.228 e. The summed E-state index contributed by atoms with van der Waals surface area (Å²) in [5.41, 5.74) is -0.368. The minimum Gasteiger partial charge on any atom is -0.384 e. The molecule has 2 heterocycles. The van der Waals surface area contributed by atoms with Crippen molar-refractivity contribution in [2.45, 2.75) is 44.8 Å². The second-order valence-corrected chi connectivity index (χ2v) is 5.78. The number of hydrogen-bond acceptors (Lipinski definition) is 4. The molecule has 6 heteroatoms. The first-order valence-electron chi connectivity index (χ1n) is 7.30. The number of carbonyl (C=O) groups excluding carboxylic acids is 1. The summed E-state index contributed by atoms with van der Waals surface area (Å²) in [4.78, 5) is 12.6. The fraction of sp³-hybridized carbons (Fsp3) is 0.929. The summed E-state index contributed by atoms with van der Waals surface area (Å²) >= 11 is 0. The molecule has 2 aliphatic heterocycles. The number of halogens is 1. The van der Waals surface area contributed by atoms with Crippen molar-refractivity contribution in [3.63, 3.8) is 0 Å². The van der Waals surface area contributed by atoms with Gasteiger partial charge in [-0.15, -0.1) is 12.4 Å². The van der Waals surface area contributed by atoms with Gasteiger partial charge in [0, 0.05) is 13.7 Å². The molecule has 5 nitrogen and oxygen atoms in total. The number of rotatable bonds is 5. The summed E-state index contributed by atoms with van der Waals surface area (Å²) in [6, 6.07) is 0.0821. The number of amides is 1. The van der Waals surface area contributed by atoms with Crippen molar-refractivity contribution in [3.8, 4) is 0 Å². The standard InChI is InChI=1S/C14H26N2O3.ClH/c1-11(12-4-3-9-19-12)16-13(17)14(10-18-2)5-7-15-8-6-14;/h11-12,15H,3-10H2,1-2H3,(H,16,17);1H. The summed E-state index contributed by atoms with van der Waals surface area (Å²) in [5.74, 6) is 0.124. The van der Waals surface area contributed by atoms with Crippen LogP contribution >= 0.6 is 12.4 Å². The Labute approximate surface area is 127 Å². The lowest BCUT2D eigenvalue weighted by Gasteiger charge is -2.37. The molecule has 2 unspecified atom stereocenters. The highest BCUT2D eigenvalue weighted by Crippen LogP contribution is 2.30. The molecule has 0 aromatic rings. The lowest BCUT2D eigenvalue weighted by Crippen LogP contribution is -2.53. The largest absolute Gasteiger partial charge is 0.384 e. The van der Waals surface area contributed by atoms with Crippen molar-refractivity contribution in [2.75, 3.05) is 33.4 Å². The predicted molar refractivity (Wildman–Crippen MR) is 80.2 cm³/mol. The van der Waals surface area contributed by atoms with Crippen molar-refractivity contribution in [2.24, 2.45) is 5.41 Å². The Bertz CT molecular complexity index is 297. The summed E-state index contributed by atoms with van der Waals surface area (Å²) in [7, 11) is 1.67. The van der Waals surface area contributed by atoms with Crippen LogP contribution in [0.5, 0.6) is 0 Å². The summed E-state index contributed by atoms with van der Waals surface area (Å²) in [6.45, 7) is 5.11. The minimum atomic E-state index is -0.368. The highest BCUT2D eigenvalue weighted by molar-refractivity contribution is 5.85. The number of ether oxygens (including phenoxy) is 2. The zero-order valence-electron chi connectivity index (χ0n) is 12.4. The van der Waals surface area contributed by atoms with E-state index in [0.717, 1.165) is 45.4 Å². The van der Waals surface area contributed by atoms with Crippen LogP contribution < -0.4 is 10.6 Å². The van der Waals surface area contributed by atoms with Gasteiger partial charge < -0.3 is 20.1 Å². The molecule has 2 aliphatic rings. The van der Waals surface area contributed by atoms with Gasteiger partial charge in [0.1, 0.15) is 0 Å². The van der Waals surface area contributed by atoms with E-state index in [-0.39, 0.29) is 35.9 Å². The topological polar surface area (TPSA) is 59.6 Å². The molecule has 0 aliphatic carbocycles. The number of carbonyl (C=O) groups is 1. The van der Waals surface area contributed by atoms with Crippen molar-refractivity contribution in [1.82, 2.24) is 10.6 Å². The number of piperidine rings is 1. The molecule has 0 radical (unpaired) electrons. The zero-order valence-corrected chi connectivity index (χ0v) is 13.3. The van der Waals surface area contributed by atoms with E-state index in [4.69, 9.17) is 9.47 Å². The van der Waals surface area contributed by atoms with E-state index < -0.39 is 0 Å². The molecule has 2 atom stereocenters.